The van der Waals surface area contributed by atoms with Crippen LogP contribution in [0, 0.1) is 13.8 Å². The van der Waals surface area contributed by atoms with Crippen molar-refractivity contribution < 1.29 is 9.53 Å². The summed E-state index contributed by atoms with van der Waals surface area (Å²) in [6, 6.07) is 13.6. The maximum absolute atomic E-state index is 12.1. The molecule has 3 rings (SSSR count). The van der Waals surface area contributed by atoms with Crippen molar-refractivity contribution in [2.45, 2.75) is 20.8 Å². The largest absolute Gasteiger partial charge is 0.461 e. The highest BCUT2D eigenvalue weighted by Gasteiger charge is 2.18. The molecule has 1 aromatic heterocycles. The number of benzene rings is 2. The number of rotatable bonds is 4. The zero-order valence-electron chi connectivity index (χ0n) is 14.4. The van der Waals surface area contributed by atoms with Crippen LogP contribution in [0.4, 0.5) is 0 Å². The Kier molecular flexibility index (Phi) is 4.91. The van der Waals surface area contributed by atoms with Crippen LogP contribution in [0.15, 0.2) is 48.7 Å². The van der Waals surface area contributed by atoms with Gasteiger partial charge in [0.25, 0.3) is 0 Å². The molecule has 0 unspecified atom stereocenters. The number of carbonyl (C=O) groups excluding carboxylic acids is 1. The van der Waals surface area contributed by atoms with E-state index in [9.17, 15) is 4.79 Å². The molecule has 5 heteroatoms. The van der Waals surface area contributed by atoms with Gasteiger partial charge in [-0.1, -0.05) is 35.4 Å². The maximum Gasteiger partial charge on any atom is 0.358 e. The summed E-state index contributed by atoms with van der Waals surface area (Å²) >= 11 is 6.00. The molecule has 1 heterocycles. The zero-order chi connectivity index (χ0) is 18.0. The molecule has 0 atom stereocenters. The molecule has 0 aliphatic carbocycles. The first kappa shape index (κ1) is 17.2. The van der Waals surface area contributed by atoms with E-state index in [0.717, 1.165) is 16.8 Å². The average Bonchev–Trinajstić information content (AvgIpc) is 3.01. The number of imidazole rings is 1. The first-order chi connectivity index (χ1) is 12.0. The van der Waals surface area contributed by atoms with Gasteiger partial charge in [-0.15, -0.1) is 0 Å². The summed E-state index contributed by atoms with van der Waals surface area (Å²) in [5.74, 6) is 0.268. The Morgan fingerprint density at radius 3 is 2.52 bits per heavy atom. The third-order valence-corrected chi connectivity index (χ3v) is 4.17. The van der Waals surface area contributed by atoms with Crippen molar-refractivity contribution in [2.75, 3.05) is 6.61 Å². The fourth-order valence-electron chi connectivity index (χ4n) is 2.74. The predicted molar refractivity (Wildman–Crippen MR) is 99.4 cm³/mol. The number of ether oxygens (including phenoxy) is 1. The highest BCUT2D eigenvalue weighted by atomic mass is 35.5. The monoisotopic (exact) mass is 354 g/mol. The number of aryl methyl sites for hydroxylation is 2. The molecular formula is C20H19ClN2O2. The molecule has 0 saturated carbocycles. The summed E-state index contributed by atoms with van der Waals surface area (Å²) in [6.45, 7) is 6.17. The van der Waals surface area contributed by atoms with Crippen LogP contribution in [0.1, 0.15) is 28.5 Å². The molecule has 0 radical (unpaired) electrons. The summed E-state index contributed by atoms with van der Waals surface area (Å²) < 4.78 is 6.99. The molecule has 25 heavy (non-hydrogen) atoms. The van der Waals surface area contributed by atoms with Crippen LogP contribution >= 0.6 is 11.6 Å². The molecule has 0 fully saturated rings. The fraction of sp³-hybridized carbons (Fsp3) is 0.200. The first-order valence-corrected chi connectivity index (χ1v) is 8.47. The highest BCUT2D eigenvalue weighted by molar-refractivity contribution is 6.30. The van der Waals surface area contributed by atoms with E-state index in [1.165, 1.54) is 5.56 Å². The van der Waals surface area contributed by atoms with Crippen LogP contribution in [-0.4, -0.2) is 22.1 Å². The van der Waals surface area contributed by atoms with Crippen LogP contribution in [0.2, 0.25) is 5.02 Å². The minimum absolute atomic E-state index is 0.284. The number of hydrogen-bond donors (Lipinski definition) is 0. The quantitative estimate of drug-likeness (QED) is 0.620. The third-order valence-electron chi connectivity index (χ3n) is 3.92. The molecule has 128 valence electrons. The van der Waals surface area contributed by atoms with Gasteiger partial charge in [0.15, 0.2) is 5.69 Å². The normalized spacial score (nSPS) is 10.7. The van der Waals surface area contributed by atoms with Crippen LogP contribution in [0.25, 0.3) is 17.1 Å². The Hall–Kier alpha value is -2.59. The molecular weight excluding hydrogens is 336 g/mol. The Morgan fingerprint density at radius 2 is 1.88 bits per heavy atom. The Balaban J connectivity index is 2.17. The molecule has 2 aromatic carbocycles. The van der Waals surface area contributed by atoms with E-state index in [2.05, 4.69) is 11.1 Å². The molecule has 0 saturated heterocycles. The summed E-state index contributed by atoms with van der Waals surface area (Å²) in [5.41, 5.74) is 4.40. The van der Waals surface area contributed by atoms with Gasteiger partial charge in [-0.05, 0) is 50.6 Å². The fourth-order valence-corrected chi connectivity index (χ4v) is 2.86. The van der Waals surface area contributed by atoms with E-state index in [1.54, 1.807) is 13.1 Å². The third kappa shape index (κ3) is 3.59. The predicted octanol–water partition coefficient (Wildman–Crippen LogP) is 4.99. The van der Waals surface area contributed by atoms with E-state index in [-0.39, 0.29) is 5.69 Å². The van der Waals surface area contributed by atoms with Crippen molar-refractivity contribution >= 4 is 17.6 Å². The Bertz CT molecular complexity index is 914. The second kappa shape index (κ2) is 7.11. The number of carbonyl (C=O) groups is 1. The maximum atomic E-state index is 12.1. The molecule has 0 amide bonds. The lowest BCUT2D eigenvalue weighted by Gasteiger charge is -2.10. The number of hydrogen-bond acceptors (Lipinski definition) is 3. The number of aromatic nitrogens is 2. The molecule has 3 aromatic rings. The smallest absolute Gasteiger partial charge is 0.358 e. The Morgan fingerprint density at radius 1 is 1.16 bits per heavy atom. The molecule has 0 bridgehead atoms. The van der Waals surface area contributed by atoms with Crippen LogP contribution in [-0.2, 0) is 4.74 Å². The van der Waals surface area contributed by atoms with E-state index in [4.69, 9.17) is 16.3 Å². The van der Waals surface area contributed by atoms with Gasteiger partial charge in [-0.2, -0.15) is 0 Å². The van der Waals surface area contributed by atoms with Crippen LogP contribution in [0.3, 0.4) is 0 Å². The minimum atomic E-state index is -0.429. The van der Waals surface area contributed by atoms with E-state index in [0.29, 0.717) is 17.5 Å². The van der Waals surface area contributed by atoms with Gasteiger partial charge in [-0.3, -0.25) is 4.57 Å². The lowest BCUT2D eigenvalue weighted by molar-refractivity contribution is 0.0520. The van der Waals surface area contributed by atoms with Gasteiger partial charge in [0, 0.05) is 22.5 Å². The second-order valence-corrected chi connectivity index (χ2v) is 6.27. The number of esters is 1. The van der Waals surface area contributed by atoms with Crippen molar-refractivity contribution in [1.82, 2.24) is 9.55 Å². The molecule has 4 nitrogen and oxygen atoms in total. The lowest BCUT2D eigenvalue weighted by Crippen LogP contribution is -2.04. The Labute approximate surface area is 152 Å². The molecule has 0 N–H and O–H groups in total. The van der Waals surface area contributed by atoms with Crippen molar-refractivity contribution in [3.8, 4) is 17.1 Å². The van der Waals surface area contributed by atoms with Crippen LogP contribution < -0.4 is 0 Å². The standard InChI is InChI=1S/C20H19ClN2O2/c1-4-25-20(24)18-12-23(16-8-6-15(21)7-9-16)19(22-18)17-10-5-13(2)11-14(17)3/h5-12H,4H2,1-3H3. The first-order valence-electron chi connectivity index (χ1n) is 8.09. The van der Waals surface area contributed by atoms with E-state index in [1.807, 2.05) is 54.8 Å². The summed E-state index contributed by atoms with van der Waals surface area (Å²) in [4.78, 5) is 16.7. The van der Waals surface area contributed by atoms with Gasteiger partial charge in [-0.25, -0.2) is 9.78 Å². The van der Waals surface area contributed by atoms with Crippen molar-refractivity contribution in [3.63, 3.8) is 0 Å². The minimum Gasteiger partial charge on any atom is -0.461 e. The highest BCUT2D eigenvalue weighted by Crippen LogP contribution is 2.27. The van der Waals surface area contributed by atoms with E-state index >= 15 is 0 Å². The molecule has 0 spiro atoms. The number of halogens is 1. The number of nitrogens with zero attached hydrogens (tertiary/aromatic N) is 2. The van der Waals surface area contributed by atoms with Crippen molar-refractivity contribution in [1.29, 1.82) is 0 Å². The van der Waals surface area contributed by atoms with Crippen molar-refractivity contribution in [3.05, 3.63) is 70.5 Å². The molecule has 0 aliphatic heterocycles. The summed E-state index contributed by atoms with van der Waals surface area (Å²) in [5, 5.41) is 0.655. The average molecular weight is 355 g/mol. The lowest BCUT2D eigenvalue weighted by atomic mass is 10.1. The van der Waals surface area contributed by atoms with Gasteiger partial charge in [0.2, 0.25) is 0 Å². The topological polar surface area (TPSA) is 44.1 Å². The molecule has 0 aliphatic rings. The summed E-state index contributed by atoms with van der Waals surface area (Å²) in [7, 11) is 0. The van der Waals surface area contributed by atoms with Crippen molar-refractivity contribution in [2.24, 2.45) is 0 Å². The summed E-state index contributed by atoms with van der Waals surface area (Å²) in [6.07, 6.45) is 1.70. The van der Waals surface area contributed by atoms with Gasteiger partial charge in [0.1, 0.15) is 5.82 Å². The van der Waals surface area contributed by atoms with E-state index < -0.39 is 5.97 Å². The van der Waals surface area contributed by atoms with Gasteiger partial charge >= 0.3 is 5.97 Å². The van der Waals surface area contributed by atoms with Gasteiger partial charge in [0.05, 0.1) is 6.61 Å². The van der Waals surface area contributed by atoms with Gasteiger partial charge < -0.3 is 4.74 Å². The van der Waals surface area contributed by atoms with Crippen LogP contribution in [0.5, 0.6) is 0 Å². The zero-order valence-corrected chi connectivity index (χ0v) is 15.2. The SMILES string of the molecule is CCOC(=O)c1cn(-c2ccc(Cl)cc2)c(-c2ccc(C)cc2C)n1. The second-order valence-electron chi connectivity index (χ2n) is 5.84.